The standard InChI is InChI=1S/C11H18ClNSi/c1-14-11-8-9(4-2-3-7-13)5-6-10(11)12/h5-6,8H,2-4,7,13-14H2,1H3. The zero-order chi connectivity index (χ0) is 10.4. The molecule has 1 nitrogen and oxygen atoms in total. The van der Waals surface area contributed by atoms with Crippen LogP contribution in [0.5, 0.6) is 0 Å². The summed E-state index contributed by atoms with van der Waals surface area (Å²) in [5, 5.41) is 2.33. The van der Waals surface area contributed by atoms with Crippen LogP contribution in [-0.4, -0.2) is 16.1 Å². The van der Waals surface area contributed by atoms with Gasteiger partial charge in [-0.05, 0) is 42.6 Å². The topological polar surface area (TPSA) is 26.0 Å². The van der Waals surface area contributed by atoms with Gasteiger partial charge in [0.25, 0.3) is 0 Å². The lowest BCUT2D eigenvalue weighted by Crippen LogP contribution is -2.12. The maximum Gasteiger partial charge on any atom is 0.0536 e. The molecule has 0 aliphatic heterocycles. The predicted octanol–water partition coefficient (Wildman–Crippen LogP) is 1.46. The maximum atomic E-state index is 6.07. The van der Waals surface area contributed by atoms with Gasteiger partial charge in [0.15, 0.2) is 0 Å². The molecule has 0 saturated heterocycles. The van der Waals surface area contributed by atoms with Crippen LogP contribution in [0.25, 0.3) is 0 Å². The highest BCUT2D eigenvalue weighted by Crippen LogP contribution is 2.09. The van der Waals surface area contributed by atoms with Crippen molar-refractivity contribution in [3.8, 4) is 0 Å². The Hall–Kier alpha value is -0.313. The van der Waals surface area contributed by atoms with Crippen LogP contribution < -0.4 is 10.9 Å². The van der Waals surface area contributed by atoms with E-state index in [9.17, 15) is 0 Å². The molecule has 0 radical (unpaired) electrons. The molecule has 0 aliphatic carbocycles. The first kappa shape index (κ1) is 11.8. The molecule has 3 heteroatoms. The van der Waals surface area contributed by atoms with Crippen molar-refractivity contribution in [2.45, 2.75) is 25.8 Å². The lowest BCUT2D eigenvalue weighted by atomic mass is 10.1. The third-order valence-electron chi connectivity index (χ3n) is 2.41. The van der Waals surface area contributed by atoms with Gasteiger partial charge in [0.2, 0.25) is 0 Å². The van der Waals surface area contributed by atoms with Crippen molar-refractivity contribution in [1.29, 1.82) is 0 Å². The number of aryl methyl sites for hydroxylation is 1. The van der Waals surface area contributed by atoms with E-state index in [2.05, 4.69) is 18.7 Å². The number of benzene rings is 1. The quantitative estimate of drug-likeness (QED) is 0.599. The SMILES string of the molecule is C[SiH2]c1cc(CCCCN)ccc1Cl. The summed E-state index contributed by atoms with van der Waals surface area (Å²) in [4.78, 5) is 0. The van der Waals surface area contributed by atoms with Crippen LogP contribution in [0.2, 0.25) is 11.6 Å². The Bertz CT molecular complexity index is 289. The Kier molecular flexibility index (Phi) is 5.23. The van der Waals surface area contributed by atoms with Crippen LogP contribution in [0, 0.1) is 0 Å². The third kappa shape index (κ3) is 3.44. The summed E-state index contributed by atoms with van der Waals surface area (Å²) in [5.41, 5.74) is 6.87. The summed E-state index contributed by atoms with van der Waals surface area (Å²) >= 11 is 6.07. The molecule has 0 bridgehead atoms. The average Bonchev–Trinajstić information content (AvgIpc) is 2.21. The van der Waals surface area contributed by atoms with Crippen molar-refractivity contribution in [2.75, 3.05) is 6.54 Å². The summed E-state index contributed by atoms with van der Waals surface area (Å²) in [6.07, 6.45) is 3.43. The monoisotopic (exact) mass is 227 g/mol. The number of nitrogens with two attached hydrogens (primary N) is 1. The smallest absolute Gasteiger partial charge is 0.0536 e. The molecule has 0 aromatic heterocycles. The van der Waals surface area contributed by atoms with E-state index in [4.69, 9.17) is 17.3 Å². The molecule has 1 aromatic carbocycles. The molecule has 0 unspecified atom stereocenters. The number of rotatable bonds is 5. The predicted molar refractivity (Wildman–Crippen MR) is 67.5 cm³/mol. The highest BCUT2D eigenvalue weighted by atomic mass is 35.5. The summed E-state index contributed by atoms with van der Waals surface area (Å²) in [6, 6.07) is 6.43. The molecular weight excluding hydrogens is 210 g/mol. The zero-order valence-corrected chi connectivity index (χ0v) is 10.9. The van der Waals surface area contributed by atoms with Gasteiger partial charge < -0.3 is 5.73 Å². The molecule has 0 atom stereocenters. The second-order valence-corrected chi connectivity index (χ2v) is 5.40. The van der Waals surface area contributed by atoms with Gasteiger partial charge in [-0.3, -0.25) is 0 Å². The van der Waals surface area contributed by atoms with Crippen molar-refractivity contribution in [1.82, 2.24) is 0 Å². The van der Waals surface area contributed by atoms with Crippen LogP contribution in [0.1, 0.15) is 18.4 Å². The van der Waals surface area contributed by atoms with E-state index < -0.39 is 0 Å². The van der Waals surface area contributed by atoms with Gasteiger partial charge in [-0.25, -0.2) is 0 Å². The summed E-state index contributed by atoms with van der Waals surface area (Å²) in [6.45, 7) is 3.06. The van der Waals surface area contributed by atoms with Crippen LogP contribution in [0.3, 0.4) is 0 Å². The van der Waals surface area contributed by atoms with Crippen LogP contribution in [-0.2, 0) is 6.42 Å². The van der Waals surface area contributed by atoms with Crippen molar-refractivity contribution in [3.63, 3.8) is 0 Å². The number of hydrogen-bond acceptors (Lipinski definition) is 1. The van der Waals surface area contributed by atoms with Gasteiger partial charge in [0.1, 0.15) is 0 Å². The van der Waals surface area contributed by atoms with E-state index in [0.29, 0.717) is 0 Å². The second kappa shape index (κ2) is 6.22. The molecule has 0 saturated carbocycles. The van der Waals surface area contributed by atoms with Crippen molar-refractivity contribution >= 4 is 26.3 Å². The number of hydrogen-bond donors (Lipinski definition) is 1. The van der Waals surface area contributed by atoms with Crippen LogP contribution >= 0.6 is 11.6 Å². The van der Waals surface area contributed by atoms with Crippen molar-refractivity contribution < 1.29 is 0 Å². The molecular formula is C11H18ClNSi. The zero-order valence-electron chi connectivity index (χ0n) is 8.72. The Morgan fingerprint density at radius 2 is 2.14 bits per heavy atom. The molecule has 14 heavy (non-hydrogen) atoms. The van der Waals surface area contributed by atoms with Crippen molar-refractivity contribution in [2.24, 2.45) is 5.73 Å². The lowest BCUT2D eigenvalue weighted by Gasteiger charge is -2.05. The Labute approximate surface area is 93.5 Å². The fourth-order valence-electron chi connectivity index (χ4n) is 1.53. The van der Waals surface area contributed by atoms with E-state index in [1.54, 1.807) is 0 Å². The summed E-state index contributed by atoms with van der Waals surface area (Å²) in [5.74, 6) is 0. The molecule has 0 heterocycles. The van der Waals surface area contributed by atoms with Gasteiger partial charge in [0.05, 0.1) is 9.52 Å². The lowest BCUT2D eigenvalue weighted by molar-refractivity contribution is 0.745. The first-order valence-electron chi connectivity index (χ1n) is 5.25. The van der Waals surface area contributed by atoms with E-state index in [-0.39, 0.29) is 9.52 Å². The minimum atomic E-state index is -0.144. The molecule has 2 N–H and O–H groups in total. The third-order valence-corrected chi connectivity index (χ3v) is 4.35. The molecule has 78 valence electrons. The second-order valence-electron chi connectivity index (χ2n) is 3.53. The van der Waals surface area contributed by atoms with Gasteiger partial charge in [-0.15, -0.1) is 0 Å². The first-order valence-corrected chi connectivity index (χ1v) is 7.75. The minimum absolute atomic E-state index is 0.144. The maximum absolute atomic E-state index is 6.07. The normalized spacial score (nSPS) is 11.4. The Balaban J connectivity index is 2.60. The molecule has 0 fully saturated rings. The largest absolute Gasteiger partial charge is 0.330 e. The highest BCUT2D eigenvalue weighted by Gasteiger charge is 2.00. The Morgan fingerprint density at radius 1 is 1.36 bits per heavy atom. The molecule has 1 rings (SSSR count). The number of halogens is 1. The summed E-state index contributed by atoms with van der Waals surface area (Å²) in [7, 11) is -0.144. The van der Waals surface area contributed by atoms with Gasteiger partial charge >= 0.3 is 0 Å². The van der Waals surface area contributed by atoms with E-state index in [1.807, 2.05) is 6.07 Å². The number of unbranched alkanes of at least 4 members (excludes halogenated alkanes) is 1. The van der Waals surface area contributed by atoms with Crippen LogP contribution in [0.4, 0.5) is 0 Å². The van der Waals surface area contributed by atoms with Crippen LogP contribution in [0.15, 0.2) is 18.2 Å². The Morgan fingerprint density at radius 3 is 2.79 bits per heavy atom. The van der Waals surface area contributed by atoms with E-state index in [1.165, 1.54) is 17.2 Å². The molecule has 1 aromatic rings. The minimum Gasteiger partial charge on any atom is -0.330 e. The molecule has 0 aliphatic rings. The molecule has 0 amide bonds. The van der Waals surface area contributed by atoms with E-state index in [0.717, 1.165) is 24.4 Å². The summed E-state index contributed by atoms with van der Waals surface area (Å²) < 4.78 is 0. The molecule has 0 spiro atoms. The van der Waals surface area contributed by atoms with Gasteiger partial charge in [-0.1, -0.05) is 30.3 Å². The first-order chi connectivity index (χ1) is 6.77. The fraction of sp³-hybridized carbons (Fsp3) is 0.455. The highest BCUT2D eigenvalue weighted by molar-refractivity contribution is 6.57. The van der Waals surface area contributed by atoms with Gasteiger partial charge in [0, 0.05) is 5.02 Å². The van der Waals surface area contributed by atoms with E-state index >= 15 is 0 Å². The average molecular weight is 228 g/mol. The van der Waals surface area contributed by atoms with Gasteiger partial charge in [-0.2, -0.15) is 0 Å². The van der Waals surface area contributed by atoms with Crippen molar-refractivity contribution in [3.05, 3.63) is 28.8 Å². The fourth-order valence-corrected chi connectivity index (χ4v) is 2.97.